The smallest absolute Gasteiger partial charge is 0.282 e. The molecule has 1 fully saturated rings. The zero-order chi connectivity index (χ0) is 13.9. The fourth-order valence-electron chi connectivity index (χ4n) is 1.93. The Bertz CT molecular complexity index is 474. The van der Waals surface area contributed by atoms with Crippen molar-refractivity contribution in [1.82, 2.24) is 15.2 Å². The van der Waals surface area contributed by atoms with Gasteiger partial charge in [-0.3, -0.25) is 4.98 Å². The summed E-state index contributed by atoms with van der Waals surface area (Å²) in [6.07, 6.45) is 1.59. The van der Waals surface area contributed by atoms with Crippen LogP contribution in [0, 0.1) is 0 Å². The lowest BCUT2D eigenvalue weighted by Crippen LogP contribution is -2.53. The van der Waals surface area contributed by atoms with Crippen LogP contribution in [0.25, 0.3) is 0 Å². The number of nitrogens with zero attached hydrogens (tertiary/aromatic N) is 2. The summed E-state index contributed by atoms with van der Waals surface area (Å²) in [6, 6.07) is -0.479. The van der Waals surface area contributed by atoms with Gasteiger partial charge in [0.15, 0.2) is 11.8 Å². The minimum atomic E-state index is -2.91. The van der Waals surface area contributed by atoms with Crippen molar-refractivity contribution in [3.63, 3.8) is 0 Å². The van der Waals surface area contributed by atoms with E-state index >= 15 is 0 Å². The summed E-state index contributed by atoms with van der Waals surface area (Å²) in [7, 11) is 1.48. The number of methoxy groups -OCH3 is 1. The second kappa shape index (κ2) is 5.64. The molecule has 0 aromatic carbocycles. The molecule has 0 aliphatic carbocycles. The van der Waals surface area contributed by atoms with Crippen LogP contribution in [0.3, 0.4) is 0 Å². The highest BCUT2D eigenvalue weighted by Crippen LogP contribution is 2.31. The molecule has 0 bridgehead atoms. The molecule has 1 atom stereocenters. The lowest BCUT2D eigenvalue weighted by Gasteiger charge is -2.39. The molecule has 1 aliphatic rings. The maximum Gasteiger partial charge on any atom is 0.282 e. The van der Waals surface area contributed by atoms with E-state index in [-0.39, 0.29) is 12.4 Å². The highest BCUT2D eigenvalue weighted by atomic mass is 32.1. The zero-order valence-electron chi connectivity index (χ0n) is 10.2. The molecule has 0 amide bonds. The van der Waals surface area contributed by atoms with Crippen LogP contribution in [-0.4, -0.2) is 48.6 Å². The molecular weight excluding hydrogens is 276 g/mol. The Morgan fingerprint density at radius 2 is 2.53 bits per heavy atom. The van der Waals surface area contributed by atoms with E-state index in [1.807, 2.05) is 0 Å². The van der Waals surface area contributed by atoms with Gasteiger partial charge in [0.05, 0.1) is 31.2 Å². The number of carbonyl (C=O) groups excluding carboxylic acids is 1. The van der Waals surface area contributed by atoms with Gasteiger partial charge in [0.1, 0.15) is 0 Å². The minimum absolute atomic E-state index is 0.0291. The first-order valence-electron chi connectivity index (χ1n) is 5.58. The van der Waals surface area contributed by atoms with Crippen molar-refractivity contribution in [1.29, 1.82) is 0 Å². The van der Waals surface area contributed by atoms with Gasteiger partial charge in [-0.1, -0.05) is 0 Å². The summed E-state index contributed by atoms with van der Waals surface area (Å²) in [4.78, 5) is 16.9. The van der Waals surface area contributed by atoms with Crippen LogP contribution >= 0.6 is 11.3 Å². The second-order valence-corrected chi connectivity index (χ2v) is 5.08. The van der Waals surface area contributed by atoms with Crippen molar-refractivity contribution in [2.45, 2.75) is 12.0 Å². The Morgan fingerprint density at radius 3 is 3.11 bits per heavy atom. The SMILES string of the molecule is COCC(c1cncs1)N1CC(F)(F)CNC1=C=O. The molecule has 1 saturated heterocycles. The van der Waals surface area contributed by atoms with E-state index in [4.69, 9.17) is 4.74 Å². The number of alkyl halides is 2. The van der Waals surface area contributed by atoms with Gasteiger partial charge in [0.2, 0.25) is 0 Å². The predicted molar refractivity (Wildman–Crippen MR) is 65.6 cm³/mol. The Labute approximate surface area is 112 Å². The average Bonchev–Trinajstić information content (AvgIpc) is 2.88. The Morgan fingerprint density at radius 1 is 1.74 bits per heavy atom. The van der Waals surface area contributed by atoms with E-state index in [0.717, 1.165) is 4.88 Å². The van der Waals surface area contributed by atoms with Crippen LogP contribution in [0.5, 0.6) is 0 Å². The molecule has 2 rings (SSSR count). The molecule has 0 spiro atoms. The molecule has 1 N–H and O–H groups in total. The van der Waals surface area contributed by atoms with E-state index in [1.165, 1.54) is 23.3 Å². The highest BCUT2D eigenvalue weighted by Gasteiger charge is 2.41. The number of thiazole rings is 1. The molecule has 0 radical (unpaired) electrons. The van der Waals surface area contributed by atoms with Crippen LogP contribution in [0.2, 0.25) is 0 Å². The van der Waals surface area contributed by atoms with Crippen LogP contribution in [0.15, 0.2) is 17.5 Å². The topological polar surface area (TPSA) is 54.5 Å². The van der Waals surface area contributed by atoms with Gasteiger partial charge >= 0.3 is 0 Å². The summed E-state index contributed by atoms with van der Waals surface area (Å²) >= 11 is 1.33. The second-order valence-electron chi connectivity index (χ2n) is 4.16. The van der Waals surface area contributed by atoms with E-state index < -0.39 is 25.1 Å². The zero-order valence-corrected chi connectivity index (χ0v) is 11.0. The molecule has 2 heterocycles. The standard InChI is InChI=1S/C11H13F2N3O2S/c1-18-4-8(9-2-14-7-19-9)16-6-11(12,13)5-15-10(16)3-17/h2,7-8,15H,4-6H2,1H3. The number of rotatable bonds is 4. The summed E-state index contributed by atoms with van der Waals surface area (Å²) in [5.74, 6) is -1.21. The van der Waals surface area contributed by atoms with Crippen molar-refractivity contribution < 1.29 is 18.3 Å². The summed E-state index contributed by atoms with van der Waals surface area (Å²) < 4.78 is 32.1. The number of ether oxygens (including phenoxy) is 1. The summed E-state index contributed by atoms with van der Waals surface area (Å²) in [6.45, 7) is -0.919. The normalized spacial score (nSPS) is 19.7. The minimum Gasteiger partial charge on any atom is -0.382 e. The third-order valence-electron chi connectivity index (χ3n) is 2.78. The van der Waals surface area contributed by atoms with E-state index in [2.05, 4.69) is 10.3 Å². The molecule has 104 valence electrons. The lowest BCUT2D eigenvalue weighted by atomic mass is 10.1. The molecule has 5 nitrogen and oxygen atoms in total. The Hall–Kier alpha value is -1.50. The predicted octanol–water partition coefficient (Wildman–Crippen LogP) is 1.04. The quantitative estimate of drug-likeness (QED) is 0.840. The maximum absolute atomic E-state index is 13.5. The van der Waals surface area contributed by atoms with Gasteiger partial charge in [0, 0.05) is 18.2 Å². The molecule has 1 unspecified atom stereocenters. The Balaban J connectivity index is 2.30. The van der Waals surface area contributed by atoms with Crippen LogP contribution in [0.1, 0.15) is 10.9 Å². The first-order valence-corrected chi connectivity index (χ1v) is 6.46. The first kappa shape index (κ1) is 13.9. The van der Waals surface area contributed by atoms with Crippen molar-refractivity contribution in [2.75, 3.05) is 26.8 Å². The first-order chi connectivity index (χ1) is 9.07. The monoisotopic (exact) mass is 289 g/mol. The van der Waals surface area contributed by atoms with E-state index in [1.54, 1.807) is 17.6 Å². The van der Waals surface area contributed by atoms with Crippen molar-refractivity contribution in [3.8, 4) is 0 Å². The number of nitrogens with one attached hydrogen (secondary N) is 1. The van der Waals surface area contributed by atoms with E-state index in [9.17, 15) is 13.6 Å². The van der Waals surface area contributed by atoms with Gasteiger partial charge in [0.25, 0.3) is 5.92 Å². The molecule has 1 aromatic rings. The number of aromatic nitrogens is 1. The number of hydrogen-bond donors (Lipinski definition) is 1. The van der Waals surface area contributed by atoms with Crippen LogP contribution in [0.4, 0.5) is 8.78 Å². The highest BCUT2D eigenvalue weighted by molar-refractivity contribution is 7.09. The largest absolute Gasteiger partial charge is 0.382 e. The molecule has 0 saturated carbocycles. The third kappa shape index (κ3) is 3.09. The molecular formula is C11H13F2N3O2S. The van der Waals surface area contributed by atoms with Crippen molar-refractivity contribution >= 4 is 17.3 Å². The molecule has 19 heavy (non-hydrogen) atoms. The van der Waals surface area contributed by atoms with Crippen LogP contribution in [-0.2, 0) is 9.53 Å². The average molecular weight is 289 g/mol. The van der Waals surface area contributed by atoms with Crippen LogP contribution < -0.4 is 5.32 Å². The number of halogens is 2. The fourth-order valence-corrected chi connectivity index (χ4v) is 2.65. The van der Waals surface area contributed by atoms with Gasteiger partial charge in [-0.25, -0.2) is 13.6 Å². The lowest BCUT2D eigenvalue weighted by molar-refractivity contribution is -0.0589. The molecule has 8 heteroatoms. The van der Waals surface area contributed by atoms with Gasteiger partial charge in [-0.05, 0) is 0 Å². The van der Waals surface area contributed by atoms with E-state index in [0.29, 0.717) is 0 Å². The third-order valence-corrected chi connectivity index (χ3v) is 3.66. The van der Waals surface area contributed by atoms with Gasteiger partial charge < -0.3 is 15.0 Å². The Kier molecular flexibility index (Phi) is 4.14. The van der Waals surface area contributed by atoms with Crippen molar-refractivity contribution in [3.05, 3.63) is 22.4 Å². The fraction of sp³-hybridized carbons (Fsp3) is 0.545. The van der Waals surface area contributed by atoms with Gasteiger partial charge in [-0.2, -0.15) is 0 Å². The molecule has 1 aromatic heterocycles. The maximum atomic E-state index is 13.5. The van der Waals surface area contributed by atoms with Crippen molar-refractivity contribution in [2.24, 2.45) is 0 Å². The molecule has 1 aliphatic heterocycles. The van der Waals surface area contributed by atoms with Gasteiger partial charge in [-0.15, -0.1) is 11.3 Å². The summed E-state index contributed by atoms with van der Waals surface area (Å²) in [5, 5.41) is 2.41. The summed E-state index contributed by atoms with van der Waals surface area (Å²) in [5.41, 5.74) is 1.61. The number of hydrogen-bond acceptors (Lipinski definition) is 6.